The molecule has 98 valence electrons. The zero-order valence-corrected chi connectivity index (χ0v) is 10.2. The molecular formula is C12H17N3O3. The second-order valence-corrected chi connectivity index (χ2v) is 4.46. The van der Waals surface area contributed by atoms with Crippen LogP contribution in [0, 0.1) is 0 Å². The van der Waals surface area contributed by atoms with Crippen molar-refractivity contribution in [3.8, 4) is 0 Å². The van der Waals surface area contributed by atoms with E-state index in [-0.39, 0.29) is 5.91 Å². The number of rotatable bonds is 5. The lowest BCUT2D eigenvalue weighted by Gasteiger charge is -2.21. The molecule has 0 radical (unpaired) electrons. The molecule has 1 fully saturated rings. The predicted octanol–water partition coefficient (Wildman–Crippen LogP) is 0.739. The zero-order valence-electron chi connectivity index (χ0n) is 10.2. The van der Waals surface area contributed by atoms with Crippen molar-refractivity contribution in [2.45, 2.75) is 38.3 Å². The third kappa shape index (κ3) is 2.88. The normalized spacial score (nSPS) is 19.1. The predicted molar refractivity (Wildman–Crippen MR) is 63.8 cm³/mol. The van der Waals surface area contributed by atoms with Crippen molar-refractivity contribution in [3.63, 3.8) is 0 Å². The van der Waals surface area contributed by atoms with E-state index in [1.165, 1.54) is 4.90 Å². The molecule has 0 bridgehead atoms. The highest BCUT2D eigenvalue weighted by Gasteiger charge is 2.33. The van der Waals surface area contributed by atoms with Gasteiger partial charge < -0.3 is 10.0 Å². The molecule has 1 aliphatic rings. The maximum absolute atomic E-state index is 11.9. The Bertz CT molecular complexity index is 416. The summed E-state index contributed by atoms with van der Waals surface area (Å²) in [5.74, 6) is -0.958. The number of likely N-dealkylation sites (tertiary alicyclic amines) is 1. The summed E-state index contributed by atoms with van der Waals surface area (Å²) in [6.07, 6.45) is 5.96. The molecule has 2 rings (SSSR count). The van der Waals surface area contributed by atoms with Gasteiger partial charge in [-0.25, -0.2) is 4.79 Å². The van der Waals surface area contributed by atoms with Crippen LogP contribution in [0.4, 0.5) is 0 Å². The number of carboxylic acid groups (broad SMARTS) is 1. The molecule has 1 saturated heterocycles. The van der Waals surface area contributed by atoms with Crippen LogP contribution in [0.25, 0.3) is 0 Å². The van der Waals surface area contributed by atoms with Gasteiger partial charge in [0.25, 0.3) is 0 Å². The van der Waals surface area contributed by atoms with Gasteiger partial charge in [0, 0.05) is 31.9 Å². The van der Waals surface area contributed by atoms with Crippen LogP contribution in [0.2, 0.25) is 0 Å². The lowest BCUT2D eigenvalue weighted by atomic mass is 10.2. The van der Waals surface area contributed by atoms with E-state index in [0.717, 1.165) is 6.42 Å². The Hall–Kier alpha value is -1.85. The van der Waals surface area contributed by atoms with Crippen LogP contribution in [0.5, 0.6) is 0 Å². The van der Waals surface area contributed by atoms with Crippen molar-refractivity contribution in [2.24, 2.45) is 0 Å². The van der Waals surface area contributed by atoms with Crippen LogP contribution in [-0.2, 0) is 16.1 Å². The smallest absolute Gasteiger partial charge is 0.326 e. The SMILES string of the molecule is O=C(O)[C@H]1CCCN1C(=O)CCCn1cccn1. The van der Waals surface area contributed by atoms with Crippen LogP contribution in [0.1, 0.15) is 25.7 Å². The highest BCUT2D eigenvalue weighted by molar-refractivity contribution is 5.84. The second kappa shape index (κ2) is 5.66. The number of nitrogens with zero attached hydrogens (tertiary/aromatic N) is 3. The van der Waals surface area contributed by atoms with Crippen LogP contribution >= 0.6 is 0 Å². The van der Waals surface area contributed by atoms with E-state index in [2.05, 4.69) is 5.10 Å². The van der Waals surface area contributed by atoms with Gasteiger partial charge in [-0.05, 0) is 25.3 Å². The molecule has 0 spiro atoms. The summed E-state index contributed by atoms with van der Waals surface area (Å²) in [5.41, 5.74) is 0. The Labute approximate surface area is 105 Å². The average molecular weight is 251 g/mol. The fraction of sp³-hybridized carbons (Fsp3) is 0.583. The first kappa shape index (κ1) is 12.6. The molecule has 1 aromatic heterocycles. The van der Waals surface area contributed by atoms with Crippen molar-refractivity contribution < 1.29 is 14.7 Å². The average Bonchev–Trinajstić information content (AvgIpc) is 2.99. The van der Waals surface area contributed by atoms with Crippen molar-refractivity contribution >= 4 is 11.9 Å². The molecule has 2 heterocycles. The van der Waals surface area contributed by atoms with Crippen molar-refractivity contribution in [2.75, 3.05) is 6.54 Å². The molecule has 6 heteroatoms. The van der Waals surface area contributed by atoms with Gasteiger partial charge in [0.05, 0.1) is 0 Å². The van der Waals surface area contributed by atoms with Gasteiger partial charge in [0.15, 0.2) is 0 Å². The molecule has 1 atom stereocenters. The highest BCUT2D eigenvalue weighted by Crippen LogP contribution is 2.18. The largest absolute Gasteiger partial charge is 0.480 e. The number of carbonyl (C=O) groups is 2. The fourth-order valence-corrected chi connectivity index (χ4v) is 2.29. The summed E-state index contributed by atoms with van der Waals surface area (Å²) in [6.45, 7) is 1.25. The zero-order chi connectivity index (χ0) is 13.0. The molecule has 18 heavy (non-hydrogen) atoms. The summed E-state index contributed by atoms with van der Waals surface area (Å²) < 4.78 is 1.77. The van der Waals surface area contributed by atoms with Crippen molar-refractivity contribution in [1.82, 2.24) is 14.7 Å². The Morgan fingerprint density at radius 1 is 1.44 bits per heavy atom. The minimum atomic E-state index is -0.895. The lowest BCUT2D eigenvalue weighted by Crippen LogP contribution is -2.40. The maximum Gasteiger partial charge on any atom is 0.326 e. The Morgan fingerprint density at radius 3 is 2.94 bits per heavy atom. The highest BCUT2D eigenvalue weighted by atomic mass is 16.4. The number of carbonyl (C=O) groups excluding carboxylic acids is 1. The number of hydrogen-bond acceptors (Lipinski definition) is 3. The fourth-order valence-electron chi connectivity index (χ4n) is 2.29. The Morgan fingerprint density at radius 2 is 2.28 bits per heavy atom. The number of amides is 1. The van der Waals surface area contributed by atoms with Crippen molar-refractivity contribution in [1.29, 1.82) is 0 Å². The first-order valence-electron chi connectivity index (χ1n) is 6.18. The minimum absolute atomic E-state index is 0.0629. The number of aliphatic carboxylic acids is 1. The van der Waals surface area contributed by atoms with Gasteiger partial charge in [0.2, 0.25) is 5.91 Å². The van der Waals surface area contributed by atoms with Gasteiger partial charge in [-0.1, -0.05) is 0 Å². The summed E-state index contributed by atoms with van der Waals surface area (Å²) in [6, 6.07) is 1.21. The molecule has 0 unspecified atom stereocenters. The topological polar surface area (TPSA) is 75.4 Å². The molecule has 1 aliphatic heterocycles. The van der Waals surface area contributed by atoms with E-state index in [1.807, 2.05) is 12.3 Å². The molecule has 1 N–H and O–H groups in total. The van der Waals surface area contributed by atoms with Gasteiger partial charge in [-0.2, -0.15) is 5.10 Å². The third-order valence-corrected chi connectivity index (χ3v) is 3.20. The Balaban J connectivity index is 1.79. The molecule has 0 aromatic carbocycles. The van der Waals surface area contributed by atoms with E-state index >= 15 is 0 Å². The Kier molecular flexibility index (Phi) is 3.96. The van der Waals surface area contributed by atoms with E-state index in [4.69, 9.17) is 5.11 Å². The monoisotopic (exact) mass is 251 g/mol. The van der Waals surface area contributed by atoms with Gasteiger partial charge in [0.1, 0.15) is 6.04 Å². The van der Waals surface area contributed by atoms with E-state index in [1.54, 1.807) is 10.9 Å². The van der Waals surface area contributed by atoms with Gasteiger partial charge in [-0.3, -0.25) is 9.48 Å². The molecule has 6 nitrogen and oxygen atoms in total. The van der Waals surface area contributed by atoms with Crippen LogP contribution < -0.4 is 0 Å². The van der Waals surface area contributed by atoms with Crippen LogP contribution in [0.3, 0.4) is 0 Å². The summed E-state index contributed by atoms with van der Waals surface area (Å²) >= 11 is 0. The maximum atomic E-state index is 11.9. The van der Waals surface area contributed by atoms with E-state index in [9.17, 15) is 9.59 Å². The molecular weight excluding hydrogens is 234 g/mol. The lowest BCUT2D eigenvalue weighted by molar-refractivity contribution is -0.148. The number of aryl methyl sites for hydroxylation is 1. The molecule has 1 aromatic rings. The van der Waals surface area contributed by atoms with E-state index in [0.29, 0.717) is 32.4 Å². The first-order valence-corrected chi connectivity index (χ1v) is 6.18. The minimum Gasteiger partial charge on any atom is -0.480 e. The quantitative estimate of drug-likeness (QED) is 0.837. The number of hydrogen-bond donors (Lipinski definition) is 1. The standard InChI is InChI=1S/C12H17N3O3/c16-11(5-2-7-14-8-3-6-13-14)15-9-1-4-10(15)12(17)18/h3,6,8,10H,1-2,4-5,7,9H2,(H,17,18)/t10-/m1/s1. The third-order valence-electron chi connectivity index (χ3n) is 3.20. The number of carboxylic acids is 1. The molecule has 1 amide bonds. The first-order chi connectivity index (χ1) is 8.68. The summed E-state index contributed by atoms with van der Waals surface area (Å²) in [4.78, 5) is 24.4. The molecule has 0 aliphatic carbocycles. The summed E-state index contributed by atoms with van der Waals surface area (Å²) in [7, 11) is 0. The van der Waals surface area contributed by atoms with Crippen LogP contribution in [0.15, 0.2) is 18.5 Å². The van der Waals surface area contributed by atoms with Gasteiger partial charge in [-0.15, -0.1) is 0 Å². The summed E-state index contributed by atoms with van der Waals surface area (Å²) in [5, 5.41) is 13.1. The second-order valence-electron chi connectivity index (χ2n) is 4.46. The van der Waals surface area contributed by atoms with Crippen molar-refractivity contribution in [3.05, 3.63) is 18.5 Å². The molecule has 0 saturated carbocycles. The van der Waals surface area contributed by atoms with Gasteiger partial charge >= 0.3 is 5.97 Å². The number of aromatic nitrogens is 2. The van der Waals surface area contributed by atoms with E-state index < -0.39 is 12.0 Å². The van der Waals surface area contributed by atoms with Crippen LogP contribution in [-0.4, -0.2) is 44.3 Å².